The summed E-state index contributed by atoms with van der Waals surface area (Å²) < 4.78 is 1.67. The lowest BCUT2D eigenvalue weighted by Crippen LogP contribution is -2.27. The van der Waals surface area contributed by atoms with E-state index in [-0.39, 0.29) is 17.1 Å². The zero-order valence-corrected chi connectivity index (χ0v) is 13.1. The third kappa shape index (κ3) is 3.37. The first kappa shape index (κ1) is 15.2. The molecule has 1 N–H and O–H groups in total. The van der Waals surface area contributed by atoms with Crippen molar-refractivity contribution in [3.8, 4) is 5.69 Å². The van der Waals surface area contributed by atoms with Crippen LogP contribution in [0.4, 0.5) is 0 Å². The zero-order valence-electron chi connectivity index (χ0n) is 12.3. The summed E-state index contributed by atoms with van der Waals surface area (Å²) in [4.78, 5) is 20.1. The second-order valence-electron chi connectivity index (χ2n) is 4.97. The highest BCUT2D eigenvalue weighted by molar-refractivity contribution is 6.32. The minimum atomic E-state index is -0.254. The maximum absolute atomic E-state index is 12.2. The molecule has 0 aliphatic heterocycles. The summed E-state index contributed by atoms with van der Waals surface area (Å²) in [6.07, 6.45) is 4.66. The standard InChI is InChI=1S/C16H14ClN5O/c1-11(21-16(23)14-3-2-8-19-15(14)17)12-4-6-13(7-5-12)22-10-18-9-20-22/h2-11H,1H3,(H,21,23). The molecular formula is C16H14ClN5O. The fourth-order valence-corrected chi connectivity index (χ4v) is 2.38. The van der Waals surface area contributed by atoms with Gasteiger partial charge in [-0.25, -0.2) is 14.6 Å². The lowest BCUT2D eigenvalue weighted by Gasteiger charge is -2.15. The summed E-state index contributed by atoms with van der Waals surface area (Å²) in [5, 5.41) is 7.18. The Morgan fingerprint density at radius 1 is 1.26 bits per heavy atom. The molecule has 3 rings (SSSR count). The molecule has 0 aliphatic carbocycles. The maximum atomic E-state index is 12.2. The minimum Gasteiger partial charge on any atom is -0.345 e. The van der Waals surface area contributed by atoms with Crippen molar-refractivity contribution in [2.75, 3.05) is 0 Å². The average Bonchev–Trinajstić information content (AvgIpc) is 3.09. The molecule has 1 atom stereocenters. The highest BCUT2D eigenvalue weighted by atomic mass is 35.5. The smallest absolute Gasteiger partial charge is 0.254 e. The van der Waals surface area contributed by atoms with Gasteiger partial charge in [-0.15, -0.1) is 0 Å². The summed E-state index contributed by atoms with van der Waals surface area (Å²) >= 11 is 5.94. The molecule has 0 saturated heterocycles. The largest absolute Gasteiger partial charge is 0.345 e. The Kier molecular flexibility index (Phi) is 4.34. The minimum absolute atomic E-state index is 0.163. The van der Waals surface area contributed by atoms with Crippen molar-refractivity contribution in [3.63, 3.8) is 0 Å². The van der Waals surface area contributed by atoms with Crippen LogP contribution in [0.2, 0.25) is 5.15 Å². The first-order valence-corrected chi connectivity index (χ1v) is 7.39. The van der Waals surface area contributed by atoms with Crippen LogP contribution < -0.4 is 5.32 Å². The topological polar surface area (TPSA) is 72.7 Å². The molecule has 7 heteroatoms. The van der Waals surface area contributed by atoms with Crippen LogP contribution in [-0.4, -0.2) is 25.7 Å². The number of pyridine rings is 1. The van der Waals surface area contributed by atoms with Crippen molar-refractivity contribution < 1.29 is 4.79 Å². The van der Waals surface area contributed by atoms with Crippen molar-refractivity contribution in [1.29, 1.82) is 0 Å². The number of carbonyl (C=O) groups is 1. The number of rotatable bonds is 4. The van der Waals surface area contributed by atoms with E-state index < -0.39 is 0 Å². The number of nitrogens with one attached hydrogen (secondary N) is 1. The van der Waals surface area contributed by atoms with E-state index in [0.29, 0.717) is 5.56 Å². The number of carbonyl (C=O) groups excluding carboxylic acids is 1. The van der Waals surface area contributed by atoms with Gasteiger partial charge in [-0.2, -0.15) is 5.10 Å². The van der Waals surface area contributed by atoms with Gasteiger partial charge in [0.05, 0.1) is 17.3 Å². The van der Waals surface area contributed by atoms with E-state index in [1.54, 1.807) is 29.3 Å². The predicted octanol–water partition coefficient (Wildman–Crippen LogP) is 2.81. The third-order valence-electron chi connectivity index (χ3n) is 3.43. The van der Waals surface area contributed by atoms with Crippen molar-refractivity contribution in [3.05, 3.63) is 71.5 Å². The Labute approximate surface area is 138 Å². The van der Waals surface area contributed by atoms with Crippen LogP contribution in [-0.2, 0) is 0 Å². The molecule has 0 spiro atoms. The molecule has 0 aliphatic rings. The highest BCUT2D eigenvalue weighted by Crippen LogP contribution is 2.17. The summed E-state index contributed by atoms with van der Waals surface area (Å²) in [7, 11) is 0. The molecule has 1 unspecified atom stereocenters. The van der Waals surface area contributed by atoms with Gasteiger partial charge in [0.25, 0.3) is 5.91 Å². The molecule has 23 heavy (non-hydrogen) atoms. The quantitative estimate of drug-likeness (QED) is 0.748. The second kappa shape index (κ2) is 6.58. The number of nitrogens with zero attached hydrogens (tertiary/aromatic N) is 4. The lowest BCUT2D eigenvalue weighted by atomic mass is 10.1. The van der Waals surface area contributed by atoms with Crippen LogP contribution in [0.15, 0.2) is 55.2 Å². The fourth-order valence-electron chi connectivity index (χ4n) is 2.17. The van der Waals surface area contributed by atoms with E-state index >= 15 is 0 Å². The first-order chi connectivity index (χ1) is 11.1. The SMILES string of the molecule is CC(NC(=O)c1cccnc1Cl)c1ccc(-n2cncn2)cc1. The van der Waals surface area contributed by atoms with Crippen LogP contribution in [0.5, 0.6) is 0 Å². The second-order valence-corrected chi connectivity index (χ2v) is 5.33. The Morgan fingerprint density at radius 2 is 2.04 bits per heavy atom. The van der Waals surface area contributed by atoms with E-state index in [4.69, 9.17) is 11.6 Å². The van der Waals surface area contributed by atoms with Gasteiger partial charge in [0, 0.05) is 6.20 Å². The van der Waals surface area contributed by atoms with Gasteiger partial charge in [-0.05, 0) is 36.8 Å². The summed E-state index contributed by atoms with van der Waals surface area (Å²) in [6.45, 7) is 1.91. The lowest BCUT2D eigenvalue weighted by molar-refractivity contribution is 0.0939. The van der Waals surface area contributed by atoms with Gasteiger partial charge >= 0.3 is 0 Å². The van der Waals surface area contributed by atoms with Gasteiger partial charge in [-0.1, -0.05) is 23.7 Å². The molecule has 1 amide bonds. The molecule has 1 aromatic carbocycles. The van der Waals surface area contributed by atoms with Crippen molar-refractivity contribution >= 4 is 17.5 Å². The van der Waals surface area contributed by atoms with Crippen molar-refractivity contribution in [2.45, 2.75) is 13.0 Å². The van der Waals surface area contributed by atoms with Gasteiger partial charge < -0.3 is 5.32 Å². The predicted molar refractivity (Wildman–Crippen MR) is 86.5 cm³/mol. The zero-order chi connectivity index (χ0) is 16.2. The number of benzene rings is 1. The summed E-state index contributed by atoms with van der Waals surface area (Å²) in [6, 6.07) is 10.9. The average molecular weight is 328 g/mol. The summed E-state index contributed by atoms with van der Waals surface area (Å²) in [5.74, 6) is -0.254. The molecule has 0 fully saturated rings. The van der Waals surface area contributed by atoms with E-state index in [2.05, 4.69) is 20.4 Å². The Balaban J connectivity index is 1.72. The number of hydrogen-bond donors (Lipinski definition) is 1. The molecule has 3 aromatic rings. The highest BCUT2D eigenvalue weighted by Gasteiger charge is 2.14. The monoisotopic (exact) mass is 327 g/mol. The van der Waals surface area contributed by atoms with E-state index in [9.17, 15) is 4.79 Å². The third-order valence-corrected chi connectivity index (χ3v) is 3.73. The maximum Gasteiger partial charge on any atom is 0.254 e. The Hall–Kier alpha value is -2.73. The van der Waals surface area contributed by atoms with Gasteiger partial charge in [0.1, 0.15) is 17.8 Å². The molecule has 2 heterocycles. The Morgan fingerprint density at radius 3 is 2.70 bits per heavy atom. The van der Waals surface area contributed by atoms with E-state index in [0.717, 1.165) is 11.3 Å². The van der Waals surface area contributed by atoms with Gasteiger partial charge in [0.2, 0.25) is 0 Å². The van der Waals surface area contributed by atoms with Gasteiger partial charge in [0.15, 0.2) is 0 Å². The van der Waals surface area contributed by atoms with Crippen molar-refractivity contribution in [1.82, 2.24) is 25.1 Å². The van der Waals surface area contributed by atoms with Gasteiger partial charge in [-0.3, -0.25) is 4.79 Å². The number of aromatic nitrogens is 4. The molecule has 0 bridgehead atoms. The normalized spacial score (nSPS) is 11.9. The Bertz CT molecular complexity index is 802. The number of amides is 1. The molecule has 0 saturated carbocycles. The number of hydrogen-bond acceptors (Lipinski definition) is 4. The van der Waals surface area contributed by atoms with E-state index in [1.807, 2.05) is 31.2 Å². The molecular weight excluding hydrogens is 314 g/mol. The molecule has 2 aromatic heterocycles. The van der Waals surface area contributed by atoms with Crippen LogP contribution >= 0.6 is 11.6 Å². The fraction of sp³-hybridized carbons (Fsp3) is 0.125. The molecule has 116 valence electrons. The van der Waals surface area contributed by atoms with Crippen LogP contribution in [0.1, 0.15) is 28.9 Å². The van der Waals surface area contributed by atoms with Crippen LogP contribution in [0.25, 0.3) is 5.69 Å². The van der Waals surface area contributed by atoms with Crippen LogP contribution in [0, 0.1) is 0 Å². The van der Waals surface area contributed by atoms with Crippen molar-refractivity contribution in [2.24, 2.45) is 0 Å². The van der Waals surface area contributed by atoms with Crippen LogP contribution in [0.3, 0.4) is 0 Å². The first-order valence-electron chi connectivity index (χ1n) is 7.01. The summed E-state index contributed by atoms with van der Waals surface area (Å²) in [5.41, 5.74) is 2.24. The number of halogens is 1. The molecule has 0 radical (unpaired) electrons. The van der Waals surface area contributed by atoms with E-state index in [1.165, 1.54) is 6.33 Å². The molecule has 6 nitrogen and oxygen atoms in total.